The van der Waals surface area contributed by atoms with Crippen molar-refractivity contribution in [2.24, 2.45) is 5.14 Å². The van der Waals surface area contributed by atoms with Crippen molar-refractivity contribution in [3.63, 3.8) is 0 Å². The molecular formula is C7H4F2IN3O2S. The summed E-state index contributed by atoms with van der Waals surface area (Å²) in [7, 11) is -4.37. The maximum absolute atomic E-state index is 12.5. The quantitative estimate of drug-likeness (QED) is 0.801. The highest BCUT2D eigenvalue weighted by Crippen LogP contribution is 2.27. The standard InChI is InChI=1S/C7H4F2IN3O2S/c8-6(9)3-1-4(10)5(2-11)13-7(3)16(12,14)15/h1,6H,(H2,12,14,15). The fraction of sp³-hybridized carbons (Fsp3) is 0.143. The van der Waals surface area contributed by atoms with Crippen LogP contribution in [0.1, 0.15) is 17.7 Å². The second-order valence-electron chi connectivity index (χ2n) is 2.67. The van der Waals surface area contributed by atoms with Gasteiger partial charge in [-0.05, 0) is 28.7 Å². The Bertz CT molecular complexity index is 568. The summed E-state index contributed by atoms with van der Waals surface area (Å²) in [5, 5.41) is 12.4. The van der Waals surface area contributed by atoms with Crippen molar-refractivity contribution < 1.29 is 17.2 Å². The van der Waals surface area contributed by atoms with Crippen molar-refractivity contribution in [1.82, 2.24) is 4.98 Å². The van der Waals surface area contributed by atoms with E-state index in [1.54, 1.807) is 28.7 Å². The Kier molecular flexibility index (Phi) is 3.76. The van der Waals surface area contributed by atoms with E-state index in [4.69, 9.17) is 10.4 Å². The second-order valence-corrected chi connectivity index (χ2v) is 5.31. The van der Waals surface area contributed by atoms with Crippen molar-refractivity contribution in [3.05, 3.63) is 20.9 Å². The number of nitriles is 1. The molecule has 16 heavy (non-hydrogen) atoms. The van der Waals surface area contributed by atoms with Crippen LogP contribution in [-0.4, -0.2) is 13.4 Å². The van der Waals surface area contributed by atoms with Gasteiger partial charge in [-0.2, -0.15) is 5.26 Å². The van der Waals surface area contributed by atoms with Gasteiger partial charge >= 0.3 is 0 Å². The van der Waals surface area contributed by atoms with Gasteiger partial charge in [0.1, 0.15) is 6.07 Å². The molecule has 0 aliphatic rings. The van der Waals surface area contributed by atoms with E-state index in [-0.39, 0.29) is 9.26 Å². The molecule has 2 N–H and O–H groups in total. The number of hydrogen-bond donors (Lipinski definition) is 1. The molecule has 0 saturated heterocycles. The molecule has 0 aromatic carbocycles. The molecule has 1 heterocycles. The summed E-state index contributed by atoms with van der Waals surface area (Å²) < 4.78 is 47.2. The average Bonchev–Trinajstić information content (AvgIpc) is 2.15. The highest BCUT2D eigenvalue weighted by molar-refractivity contribution is 14.1. The summed E-state index contributed by atoms with van der Waals surface area (Å²) in [6, 6.07) is 2.48. The maximum atomic E-state index is 12.5. The Balaban J connectivity index is 3.64. The fourth-order valence-corrected chi connectivity index (χ4v) is 2.22. The number of nitrogens with zero attached hydrogens (tertiary/aromatic N) is 2. The van der Waals surface area contributed by atoms with Crippen molar-refractivity contribution in [1.29, 1.82) is 5.26 Å². The Morgan fingerprint density at radius 2 is 2.12 bits per heavy atom. The summed E-state index contributed by atoms with van der Waals surface area (Å²) in [6.07, 6.45) is -3.03. The van der Waals surface area contributed by atoms with Crippen LogP contribution in [0.4, 0.5) is 8.78 Å². The van der Waals surface area contributed by atoms with Gasteiger partial charge in [0.05, 0.1) is 9.13 Å². The zero-order valence-electron chi connectivity index (χ0n) is 7.49. The highest BCUT2D eigenvalue weighted by Gasteiger charge is 2.24. The van der Waals surface area contributed by atoms with Crippen molar-refractivity contribution in [2.75, 3.05) is 0 Å². The van der Waals surface area contributed by atoms with E-state index >= 15 is 0 Å². The summed E-state index contributed by atoms with van der Waals surface area (Å²) in [4.78, 5) is 3.32. The second kappa shape index (κ2) is 4.56. The summed E-state index contributed by atoms with van der Waals surface area (Å²) in [6.45, 7) is 0. The summed E-state index contributed by atoms with van der Waals surface area (Å²) >= 11 is 1.61. The van der Waals surface area contributed by atoms with E-state index in [1.807, 2.05) is 0 Å². The number of hydrogen-bond acceptors (Lipinski definition) is 4. The van der Waals surface area contributed by atoms with Crippen molar-refractivity contribution >= 4 is 32.6 Å². The topological polar surface area (TPSA) is 96.8 Å². The highest BCUT2D eigenvalue weighted by atomic mass is 127. The number of alkyl halides is 2. The predicted octanol–water partition coefficient (Wildman–Crippen LogP) is 1.14. The van der Waals surface area contributed by atoms with Gasteiger partial charge in [0.15, 0.2) is 10.7 Å². The Morgan fingerprint density at radius 3 is 2.50 bits per heavy atom. The zero-order chi connectivity index (χ0) is 12.5. The largest absolute Gasteiger partial charge is 0.266 e. The molecule has 1 rings (SSSR count). The third kappa shape index (κ3) is 2.63. The van der Waals surface area contributed by atoms with Crippen molar-refractivity contribution in [3.8, 4) is 6.07 Å². The van der Waals surface area contributed by atoms with Crippen LogP contribution in [0, 0.1) is 14.9 Å². The minimum atomic E-state index is -4.37. The first-order valence-corrected chi connectivity index (χ1v) is 6.31. The third-order valence-corrected chi connectivity index (χ3v) is 3.27. The molecule has 0 aliphatic carbocycles. The molecule has 1 aromatic heterocycles. The molecule has 0 spiro atoms. The number of pyridine rings is 1. The van der Waals surface area contributed by atoms with Crippen LogP contribution in [0.25, 0.3) is 0 Å². The first-order valence-electron chi connectivity index (χ1n) is 3.69. The van der Waals surface area contributed by atoms with Gasteiger partial charge in [-0.15, -0.1) is 0 Å². The molecule has 0 atom stereocenters. The molecule has 0 amide bonds. The van der Waals surface area contributed by atoms with Gasteiger partial charge in [-0.25, -0.2) is 27.3 Å². The summed E-state index contributed by atoms with van der Waals surface area (Å²) in [5.41, 5.74) is -1.06. The zero-order valence-corrected chi connectivity index (χ0v) is 10.5. The SMILES string of the molecule is N#Cc1nc(S(N)(=O)=O)c(C(F)F)cc1I. The van der Waals surface area contributed by atoms with Gasteiger partial charge in [0.2, 0.25) is 0 Å². The first kappa shape index (κ1) is 13.2. The molecule has 0 fully saturated rings. The Labute approximate surface area is 103 Å². The van der Waals surface area contributed by atoms with Crippen molar-refractivity contribution in [2.45, 2.75) is 11.5 Å². The molecule has 5 nitrogen and oxygen atoms in total. The molecule has 9 heteroatoms. The Hall–Kier alpha value is -0.860. The molecule has 86 valence electrons. The lowest BCUT2D eigenvalue weighted by molar-refractivity contribution is 0.147. The van der Waals surface area contributed by atoms with Gasteiger partial charge < -0.3 is 0 Å². The van der Waals surface area contributed by atoms with E-state index in [0.29, 0.717) is 0 Å². The number of aromatic nitrogens is 1. The molecule has 0 aliphatic heterocycles. The average molecular weight is 359 g/mol. The molecule has 0 saturated carbocycles. The van der Waals surface area contributed by atoms with Gasteiger partial charge in [-0.1, -0.05) is 0 Å². The normalized spacial score (nSPS) is 11.5. The minimum Gasteiger partial charge on any atom is -0.223 e. The number of nitrogens with two attached hydrogens (primary N) is 1. The molecule has 0 unspecified atom stereocenters. The number of rotatable bonds is 2. The molecule has 0 bridgehead atoms. The van der Waals surface area contributed by atoms with Gasteiger partial charge in [0.25, 0.3) is 16.4 Å². The minimum absolute atomic E-state index is 0.141. The number of primary sulfonamides is 1. The lowest BCUT2D eigenvalue weighted by Gasteiger charge is -2.07. The van der Waals surface area contributed by atoms with E-state index < -0.39 is 27.0 Å². The van der Waals surface area contributed by atoms with Crippen LogP contribution in [0.5, 0.6) is 0 Å². The monoisotopic (exact) mass is 359 g/mol. The van der Waals surface area contributed by atoms with Crippen LogP contribution >= 0.6 is 22.6 Å². The van der Waals surface area contributed by atoms with Gasteiger partial charge in [0, 0.05) is 0 Å². The van der Waals surface area contributed by atoms with Crippen LogP contribution < -0.4 is 5.14 Å². The van der Waals surface area contributed by atoms with Crippen LogP contribution in [-0.2, 0) is 10.0 Å². The summed E-state index contributed by atoms with van der Waals surface area (Å²) in [5.74, 6) is 0. The van der Waals surface area contributed by atoms with Crippen LogP contribution in [0.2, 0.25) is 0 Å². The van der Waals surface area contributed by atoms with Gasteiger partial charge in [-0.3, -0.25) is 0 Å². The number of halogens is 3. The van der Waals surface area contributed by atoms with Crippen LogP contribution in [0.3, 0.4) is 0 Å². The smallest absolute Gasteiger partial charge is 0.223 e. The van der Waals surface area contributed by atoms with Crippen LogP contribution in [0.15, 0.2) is 11.1 Å². The van der Waals surface area contributed by atoms with E-state index in [2.05, 4.69) is 4.98 Å². The third-order valence-electron chi connectivity index (χ3n) is 1.58. The maximum Gasteiger partial charge on any atom is 0.266 e. The number of sulfonamides is 1. The van der Waals surface area contributed by atoms with E-state index in [1.165, 1.54) is 0 Å². The predicted molar refractivity (Wildman–Crippen MR) is 58.0 cm³/mol. The van der Waals surface area contributed by atoms with E-state index in [9.17, 15) is 17.2 Å². The molecular weight excluding hydrogens is 355 g/mol. The molecule has 0 radical (unpaired) electrons. The van der Waals surface area contributed by atoms with E-state index in [0.717, 1.165) is 6.07 Å². The fourth-order valence-electron chi connectivity index (χ4n) is 0.949. The lowest BCUT2D eigenvalue weighted by Crippen LogP contribution is -2.18. The Morgan fingerprint density at radius 1 is 1.56 bits per heavy atom. The lowest BCUT2D eigenvalue weighted by atomic mass is 10.2. The first-order chi connectivity index (χ1) is 7.27. The molecule has 1 aromatic rings.